The molecule has 100 valence electrons. The first-order valence-corrected chi connectivity index (χ1v) is 7.57. The number of aromatic nitrogens is 1. The van der Waals surface area contributed by atoms with Crippen LogP contribution in [-0.4, -0.2) is 36.1 Å². The van der Waals surface area contributed by atoms with E-state index in [2.05, 4.69) is 43.3 Å². The molecule has 0 radical (unpaired) electrons. The summed E-state index contributed by atoms with van der Waals surface area (Å²) in [6, 6.07) is 8.21. The largest absolute Gasteiger partial charge is 0.314 e. The first-order chi connectivity index (χ1) is 9.22. The number of nitrogens with one attached hydrogen (secondary N) is 1. The number of hydrogen-bond acceptors (Lipinski definition) is 3. The molecule has 2 heterocycles. The Labute approximate surface area is 126 Å². The Bertz CT molecular complexity index is 597. The van der Waals surface area contributed by atoms with Gasteiger partial charge in [-0.05, 0) is 24.3 Å². The van der Waals surface area contributed by atoms with E-state index in [9.17, 15) is 0 Å². The Kier molecular flexibility index (Phi) is 4.03. The van der Waals surface area contributed by atoms with Crippen molar-refractivity contribution in [2.45, 2.75) is 6.54 Å². The predicted octanol–water partition coefficient (Wildman–Crippen LogP) is 3.06. The minimum absolute atomic E-state index is 0.619. The number of fused-ring (bicyclic) bond motifs is 1. The Morgan fingerprint density at radius 3 is 2.84 bits per heavy atom. The fourth-order valence-corrected chi connectivity index (χ4v) is 2.97. The van der Waals surface area contributed by atoms with E-state index in [-0.39, 0.29) is 0 Å². The molecule has 1 saturated heterocycles. The number of hydrogen-bond donors (Lipinski definition) is 1. The van der Waals surface area contributed by atoms with Crippen LogP contribution in [0.4, 0.5) is 0 Å². The monoisotopic (exact) mass is 339 g/mol. The van der Waals surface area contributed by atoms with Crippen LogP contribution in [0.15, 0.2) is 28.7 Å². The summed E-state index contributed by atoms with van der Waals surface area (Å²) in [5.41, 5.74) is 2.05. The van der Waals surface area contributed by atoms with Gasteiger partial charge in [0.2, 0.25) is 0 Å². The Morgan fingerprint density at radius 2 is 2.05 bits per heavy atom. The number of rotatable bonds is 2. The van der Waals surface area contributed by atoms with Gasteiger partial charge in [0.05, 0.1) is 5.52 Å². The van der Waals surface area contributed by atoms with Gasteiger partial charge < -0.3 is 5.32 Å². The van der Waals surface area contributed by atoms with Crippen LogP contribution in [-0.2, 0) is 6.54 Å². The second-order valence-electron chi connectivity index (χ2n) is 4.80. The zero-order chi connectivity index (χ0) is 13.2. The Morgan fingerprint density at radius 1 is 1.26 bits per heavy atom. The molecule has 0 amide bonds. The highest BCUT2D eigenvalue weighted by Crippen LogP contribution is 2.24. The first kappa shape index (κ1) is 13.3. The molecule has 1 fully saturated rings. The summed E-state index contributed by atoms with van der Waals surface area (Å²) in [4.78, 5) is 6.89. The molecule has 2 aromatic rings. The van der Waals surface area contributed by atoms with Gasteiger partial charge in [0.15, 0.2) is 0 Å². The lowest BCUT2D eigenvalue weighted by Gasteiger charge is -2.27. The third-order valence-electron chi connectivity index (χ3n) is 3.41. The summed E-state index contributed by atoms with van der Waals surface area (Å²) < 4.78 is 1.07. The maximum Gasteiger partial charge on any atom is 0.134 e. The van der Waals surface area contributed by atoms with Gasteiger partial charge in [-0.25, -0.2) is 4.98 Å². The lowest BCUT2D eigenvalue weighted by molar-refractivity contribution is 0.233. The molecule has 1 N–H and O–H groups in total. The zero-order valence-electron chi connectivity index (χ0n) is 10.5. The molecular weight excluding hydrogens is 326 g/mol. The van der Waals surface area contributed by atoms with Crippen LogP contribution in [0, 0.1) is 0 Å². The van der Waals surface area contributed by atoms with Gasteiger partial charge in [-0.1, -0.05) is 27.5 Å². The summed E-state index contributed by atoms with van der Waals surface area (Å²) >= 11 is 9.79. The highest BCUT2D eigenvalue weighted by Gasteiger charge is 2.13. The van der Waals surface area contributed by atoms with Crippen LogP contribution in [0.2, 0.25) is 5.15 Å². The number of benzene rings is 1. The van der Waals surface area contributed by atoms with Gasteiger partial charge in [-0.2, -0.15) is 0 Å². The SMILES string of the molecule is Clc1nc2ccc(Br)cc2cc1CN1CCNCC1. The molecule has 0 saturated carbocycles. The van der Waals surface area contributed by atoms with Crippen LogP contribution < -0.4 is 5.32 Å². The minimum atomic E-state index is 0.619. The Balaban J connectivity index is 1.91. The third-order valence-corrected chi connectivity index (χ3v) is 4.23. The van der Waals surface area contributed by atoms with Gasteiger partial charge in [0.25, 0.3) is 0 Å². The molecule has 0 spiro atoms. The van der Waals surface area contributed by atoms with Crippen molar-refractivity contribution in [1.82, 2.24) is 15.2 Å². The van der Waals surface area contributed by atoms with E-state index in [1.807, 2.05) is 12.1 Å². The highest BCUT2D eigenvalue weighted by molar-refractivity contribution is 9.10. The van der Waals surface area contributed by atoms with Crippen molar-refractivity contribution in [2.24, 2.45) is 0 Å². The van der Waals surface area contributed by atoms with Crippen LogP contribution in [0.3, 0.4) is 0 Å². The molecule has 0 atom stereocenters. The first-order valence-electron chi connectivity index (χ1n) is 6.40. The van der Waals surface area contributed by atoms with Crippen LogP contribution in [0.5, 0.6) is 0 Å². The van der Waals surface area contributed by atoms with Crippen molar-refractivity contribution in [2.75, 3.05) is 26.2 Å². The maximum atomic E-state index is 6.30. The molecule has 1 aliphatic rings. The quantitative estimate of drug-likeness (QED) is 0.852. The Hall–Kier alpha value is -0.680. The zero-order valence-corrected chi connectivity index (χ0v) is 12.8. The average Bonchev–Trinajstić information content (AvgIpc) is 2.41. The molecule has 3 nitrogen and oxygen atoms in total. The van der Waals surface area contributed by atoms with E-state index in [1.165, 1.54) is 0 Å². The third kappa shape index (κ3) is 3.08. The lowest BCUT2D eigenvalue weighted by atomic mass is 10.1. The molecular formula is C14H15BrClN3. The van der Waals surface area contributed by atoms with Gasteiger partial charge in [0, 0.05) is 48.1 Å². The summed E-state index contributed by atoms with van der Waals surface area (Å²) in [6.07, 6.45) is 0. The van der Waals surface area contributed by atoms with E-state index in [0.29, 0.717) is 5.15 Å². The molecule has 0 unspecified atom stereocenters. The molecule has 0 bridgehead atoms. The number of piperazine rings is 1. The topological polar surface area (TPSA) is 28.2 Å². The molecule has 1 aromatic carbocycles. The van der Waals surface area contributed by atoms with Crippen molar-refractivity contribution in [3.8, 4) is 0 Å². The van der Waals surface area contributed by atoms with Gasteiger partial charge in [-0.3, -0.25) is 4.90 Å². The highest BCUT2D eigenvalue weighted by atomic mass is 79.9. The van der Waals surface area contributed by atoms with E-state index in [1.54, 1.807) is 0 Å². The molecule has 19 heavy (non-hydrogen) atoms. The summed E-state index contributed by atoms with van der Waals surface area (Å²) in [5.74, 6) is 0. The summed E-state index contributed by atoms with van der Waals surface area (Å²) in [6.45, 7) is 5.09. The maximum absolute atomic E-state index is 6.30. The lowest BCUT2D eigenvalue weighted by Crippen LogP contribution is -2.42. The van der Waals surface area contributed by atoms with E-state index in [4.69, 9.17) is 11.6 Å². The molecule has 3 rings (SSSR count). The second-order valence-corrected chi connectivity index (χ2v) is 6.08. The normalized spacial score (nSPS) is 16.9. The van der Waals surface area contributed by atoms with E-state index >= 15 is 0 Å². The van der Waals surface area contributed by atoms with Crippen molar-refractivity contribution >= 4 is 38.4 Å². The molecule has 0 aliphatic carbocycles. The van der Waals surface area contributed by atoms with Crippen molar-refractivity contribution in [3.05, 3.63) is 39.5 Å². The predicted molar refractivity (Wildman–Crippen MR) is 82.6 cm³/mol. The number of nitrogens with zero attached hydrogens (tertiary/aromatic N) is 2. The summed E-state index contributed by atoms with van der Waals surface area (Å²) in [5, 5.41) is 5.10. The number of halogens is 2. The van der Waals surface area contributed by atoms with Crippen molar-refractivity contribution in [3.63, 3.8) is 0 Å². The molecule has 1 aliphatic heterocycles. The average molecular weight is 341 g/mol. The van der Waals surface area contributed by atoms with Gasteiger partial charge >= 0.3 is 0 Å². The van der Waals surface area contributed by atoms with Crippen LogP contribution >= 0.6 is 27.5 Å². The van der Waals surface area contributed by atoms with Gasteiger partial charge in [0.1, 0.15) is 5.15 Å². The number of pyridine rings is 1. The second kappa shape index (κ2) is 5.75. The van der Waals surface area contributed by atoms with Crippen LogP contribution in [0.1, 0.15) is 5.56 Å². The van der Waals surface area contributed by atoms with Crippen molar-refractivity contribution in [1.29, 1.82) is 0 Å². The smallest absolute Gasteiger partial charge is 0.134 e. The fraction of sp³-hybridized carbons (Fsp3) is 0.357. The molecule has 5 heteroatoms. The standard InChI is InChI=1S/C14H15BrClN3/c15-12-1-2-13-10(8-12)7-11(14(16)18-13)9-19-5-3-17-4-6-19/h1-2,7-8,17H,3-6,9H2. The van der Waals surface area contributed by atoms with E-state index < -0.39 is 0 Å². The van der Waals surface area contributed by atoms with E-state index in [0.717, 1.165) is 53.7 Å². The summed E-state index contributed by atoms with van der Waals surface area (Å²) in [7, 11) is 0. The van der Waals surface area contributed by atoms with Crippen molar-refractivity contribution < 1.29 is 0 Å². The minimum Gasteiger partial charge on any atom is -0.314 e. The molecule has 1 aromatic heterocycles. The van der Waals surface area contributed by atoms with Crippen LogP contribution in [0.25, 0.3) is 10.9 Å². The fourth-order valence-electron chi connectivity index (χ4n) is 2.39. The van der Waals surface area contributed by atoms with Gasteiger partial charge in [-0.15, -0.1) is 0 Å².